The molecule has 1 amide bonds. The number of carbonyl (C=O) groups excluding carboxylic acids is 1. The summed E-state index contributed by atoms with van der Waals surface area (Å²) in [5, 5.41) is 21.9. The summed E-state index contributed by atoms with van der Waals surface area (Å²) in [6, 6.07) is 6.04. The Morgan fingerprint density at radius 1 is 1.19 bits per heavy atom. The van der Waals surface area contributed by atoms with Crippen LogP contribution in [0.2, 0.25) is 0 Å². The summed E-state index contributed by atoms with van der Waals surface area (Å²) in [6.07, 6.45) is 0.503. The molecule has 0 aromatic heterocycles. The molecule has 0 spiro atoms. The Morgan fingerprint density at radius 2 is 1.76 bits per heavy atom. The van der Waals surface area contributed by atoms with E-state index in [1.807, 2.05) is 0 Å². The highest BCUT2D eigenvalue weighted by Gasteiger charge is 2.12. The SMILES string of the molecule is CC(C(=O)O)=C(C)C(=O)NCCc1ccc([N+](=O)[O-])cc1. The highest BCUT2D eigenvalue weighted by Crippen LogP contribution is 2.12. The van der Waals surface area contributed by atoms with Crippen LogP contribution in [0.25, 0.3) is 0 Å². The van der Waals surface area contributed by atoms with Gasteiger partial charge in [0.15, 0.2) is 0 Å². The van der Waals surface area contributed by atoms with Gasteiger partial charge in [-0.15, -0.1) is 0 Å². The third-order valence-electron chi connectivity index (χ3n) is 3.07. The lowest BCUT2D eigenvalue weighted by Crippen LogP contribution is -2.27. The molecule has 0 aliphatic heterocycles. The van der Waals surface area contributed by atoms with Crippen molar-refractivity contribution in [3.05, 3.63) is 51.1 Å². The van der Waals surface area contributed by atoms with E-state index in [1.165, 1.54) is 26.0 Å². The maximum absolute atomic E-state index is 11.7. The molecule has 0 aliphatic carbocycles. The van der Waals surface area contributed by atoms with Gasteiger partial charge in [0.1, 0.15) is 0 Å². The molecule has 112 valence electrons. The van der Waals surface area contributed by atoms with Crippen molar-refractivity contribution in [3.8, 4) is 0 Å². The van der Waals surface area contributed by atoms with Gasteiger partial charge in [-0.2, -0.15) is 0 Å². The van der Waals surface area contributed by atoms with Crippen molar-refractivity contribution in [2.75, 3.05) is 6.54 Å². The number of amides is 1. The molecule has 7 nitrogen and oxygen atoms in total. The van der Waals surface area contributed by atoms with Gasteiger partial charge in [-0.25, -0.2) is 4.79 Å². The Labute approximate surface area is 121 Å². The molecule has 0 atom stereocenters. The second kappa shape index (κ2) is 7.18. The van der Waals surface area contributed by atoms with Crippen LogP contribution in [0, 0.1) is 10.1 Å². The fraction of sp³-hybridized carbons (Fsp3) is 0.286. The molecule has 1 aromatic rings. The quantitative estimate of drug-likeness (QED) is 0.471. The average molecular weight is 292 g/mol. The molecule has 0 fully saturated rings. The fourth-order valence-electron chi connectivity index (χ4n) is 1.57. The zero-order valence-corrected chi connectivity index (χ0v) is 11.8. The maximum Gasteiger partial charge on any atom is 0.331 e. The van der Waals surface area contributed by atoms with E-state index in [0.717, 1.165) is 5.56 Å². The Balaban J connectivity index is 2.54. The van der Waals surface area contributed by atoms with Crippen molar-refractivity contribution in [2.45, 2.75) is 20.3 Å². The number of hydrogen-bond acceptors (Lipinski definition) is 4. The van der Waals surface area contributed by atoms with Gasteiger partial charge < -0.3 is 10.4 Å². The summed E-state index contributed by atoms with van der Waals surface area (Å²) in [5.74, 6) is -1.56. The summed E-state index contributed by atoms with van der Waals surface area (Å²) >= 11 is 0. The van der Waals surface area contributed by atoms with E-state index < -0.39 is 16.8 Å². The van der Waals surface area contributed by atoms with Gasteiger partial charge in [-0.1, -0.05) is 12.1 Å². The van der Waals surface area contributed by atoms with Gasteiger partial charge in [0.05, 0.1) is 4.92 Å². The van der Waals surface area contributed by atoms with Gasteiger partial charge in [0, 0.05) is 29.8 Å². The first-order valence-corrected chi connectivity index (χ1v) is 6.25. The number of carboxylic acid groups (broad SMARTS) is 1. The van der Waals surface area contributed by atoms with Crippen molar-refractivity contribution in [2.24, 2.45) is 0 Å². The van der Waals surface area contributed by atoms with E-state index in [4.69, 9.17) is 5.11 Å². The molecule has 7 heteroatoms. The zero-order valence-electron chi connectivity index (χ0n) is 11.8. The number of aliphatic carboxylic acids is 1. The van der Waals surface area contributed by atoms with Crippen LogP contribution in [-0.2, 0) is 16.0 Å². The molecule has 0 aliphatic rings. The van der Waals surface area contributed by atoms with Gasteiger partial charge in [-0.05, 0) is 25.8 Å². The molecular formula is C14H16N2O5. The standard InChI is InChI=1S/C14H16N2O5/c1-9(10(2)14(18)19)13(17)15-8-7-11-3-5-12(6-4-11)16(20)21/h3-6H,7-8H2,1-2H3,(H,15,17)(H,18,19). The lowest BCUT2D eigenvalue weighted by Gasteiger charge is -2.07. The van der Waals surface area contributed by atoms with Crippen molar-refractivity contribution in [3.63, 3.8) is 0 Å². The van der Waals surface area contributed by atoms with Gasteiger partial charge in [0.25, 0.3) is 5.69 Å². The minimum atomic E-state index is -1.13. The highest BCUT2D eigenvalue weighted by atomic mass is 16.6. The topological polar surface area (TPSA) is 110 Å². The molecular weight excluding hydrogens is 276 g/mol. The minimum Gasteiger partial charge on any atom is -0.478 e. The lowest BCUT2D eigenvalue weighted by atomic mass is 10.1. The smallest absolute Gasteiger partial charge is 0.331 e. The van der Waals surface area contributed by atoms with Crippen LogP contribution in [-0.4, -0.2) is 28.5 Å². The predicted molar refractivity (Wildman–Crippen MR) is 75.8 cm³/mol. The molecule has 0 unspecified atom stereocenters. The Kier molecular flexibility index (Phi) is 5.59. The summed E-state index contributed by atoms with van der Waals surface area (Å²) in [5.41, 5.74) is 1.02. The molecule has 0 bridgehead atoms. The number of carboxylic acids is 1. The molecule has 0 saturated heterocycles. The maximum atomic E-state index is 11.7. The lowest BCUT2D eigenvalue weighted by molar-refractivity contribution is -0.384. The van der Waals surface area contributed by atoms with E-state index in [0.29, 0.717) is 13.0 Å². The van der Waals surface area contributed by atoms with E-state index in [1.54, 1.807) is 12.1 Å². The van der Waals surface area contributed by atoms with Crippen molar-refractivity contribution in [1.29, 1.82) is 0 Å². The van der Waals surface area contributed by atoms with E-state index in [-0.39, 0.29) is 16.8 Å². The molecule has 1 rings (SSSR count). The summed E-state index contributed by atoms with van der Waals surface area (Å²) in [7, 11) is 0. The van der Waals surface area contributed by atoms with Crippen molar-refractivity contribution >= 4 is 17.6 Å². The first kappa shape index (κ1) is 16.4. The third-order valence-corrected chi connectivity index (χ3v) is 3.07. The fourth-order valence-corrected chi connectivity index (χ4v) is 1.57. The summed E-state index contributed by atoms with van der Waals surface area (Å²) in [6.45, 7) is 3.14. The number of carbonyl (C=O) groups is 2. The summed E-state index contributed by atoms with van der Waals surface area (Å²) in [4.78, 5) is 32.5. The van der Waals surface area contributed by atoms with Gasteiger partial charge in [-0.3, -0.25) is 14.9 Å². The number of rotatable bonds is 6. The normalized spacial score (nSPS) is 11.5. The largest absolute Gasteiger partial charge is 0.478 e. The van der Waals surface area contributed by atoms with E-state index in [9.17, 15) is 19.7 Å². The Morgan fingerprint density at radius 3 is 2.24 bits per heavy atom. The van der Waals surface area contributed by atoms with Crippen LogP contribution < -0.4 is 5.32 Å². The van der Waals surface area contributed by atoms with Crippen LogP contribution in [0.4, 0.5) is 5.69 Å². The Hall–Kier alpha value is -2.70. The number of nitro benzene ring substituents is 1. The van der Waals surface area contributed by atoms with Crippen LogP contribution in [0.5, 0.6) is 0 Å². The first-order valence-electron chi connectivity index (χ1n) is 6.25. The minimum absolute atomic E-state index is 0.00263. The van der Waals surface area contributed by atoms with Crippen LogP contribution >= 0.6 is 0 Å². The number of nitro groups is 1. The second-order valence-corrected chi connectivity index (χ2v) is 4.48. The highest BCUT2D eigenvalue weighted by molar-refractivity contribution is 6.01. The zero-order chi connectivity index (χ0) is 16.0. The third kappa shape index (κ3) is 4.72. The molecule has 1 aromatic carbocycles. The second-order valence-electron chi connectivity index (χ2n) is 4.48. The van der Waals surface area contributed by atoms with E-state index >= 15 is 0 Å². The van der Waals surface area contributed by atoms with Crippen molar-refractivity contribution in [1.82, 2.24) is 5.32 Å². The van der Waals surface area contributed by atoms with Gasteiger partial charge >= 0.3 is 5.97 Å². The number of benzene rings is 1. The summed E-state index contributed by atoms with van der Waals surface area (Å²) < 4.78 is 0. The molecule has 2 N–H and O–H groups in total. The average Bonchev–Trinajstić information content (AvgIpc) is 2.45. The number of nitrogens with zero attached hydrogens (tertiary/aromatic N) is 1. The number of hydrogen-bond donors (Lipinski definition) is 2. The molecule has 0 radical (unpaired) electrons. The Bertz CT molecular complexity index is 590. The van der Waals surface area contributed by atoms with Crippen LogP contribution in [0.15, 0.2) is 35.4 Å². The van der Waals surface area contributed by atoms with Crippen LogP contribution in [0.1, 0.15) is 19.4 Å². The first-order chi connectivity index (χ1) is 9.82. The molecule has 0 saturated carbocycles. The number of non-ortho nitro benzene ring substituents is 1. The van der Waals surface area contributed by atoms with Crippen LogP contribution in [0.3, 0.4) is 0 Å². The van der Waals surface area contributed by atoms with Gasteiger partial charge in [0.2, 0.25) is 5.91 Å². The van der Waals surface area contributed by atoms with Crippen molar-refractivity contribution < 1.29 is 19.6 Å². The monoisotopic (exact) mass is 292 g/mol. The predicted octanol–water partition coefficient (Wildman–Crippen LogP) is 1.67. The molecule has 0 heterocycles. The molecule has 21 heavy (non-hydrogen) atoms. The number of nitrogens with one attached hydrogen (secondary N) is 1. The van der Waals surface area contributed by atoms with E-state index in [2.05, 4.69) is 5.32 Å².